The van der Waals surface area contributed by atoms with Crippen LogP contribution in [0, 0.1) is 6.92 Å². The summed E-state index contributed by atoms with van der Waals surface area (Å²) in [6.45, 7) is 1.83. The molecule has 0 spiro atoms. The molecular formula is C21H21N5O5S. The van der Waals surface area contributed by atoms with Crippen LogP contribution >= 0.6 is 11.8 Å². The lowest BCUT2D eigenvalue weighted by atomic mass is 10.1. The van der Waals surface area contributed by atoms with E-state index in [0.29, 0.717) is 11.0 Å². The second-order valence-corrected chi connectivity index (χ2v) is 7.30. The fraction of sp³-hybridized carbons (Fsp3) is 0.190. The number of nitrogens with zero attached hydrogens (tertiary/aromatic N) is 4. The molecule has 0 aliphatic carbocycles. The molecule has 0 saturated heterocycles. The Morgan fingerprint density at radius 2 is 1.91 bits per heavy atom. The molecule has 0 unspecified atom stereocenters. The average Bonchev–Trinajstić information content (AvgIpc) is 3.17. The van der Waals surface area contributed by atoms with Gasteiger partial charge in [-0.05, 0) is 31.2 Å². The fourth-order valence-electron chi connectivity index (χ4n) is 2.92. The van der Waals surface area contributed by atoms with Crippen LogP contribution in [0.4, 0.5) is 0 Å². The van der Waals surface area contributed by atoms with Gasteiger partial charge in [-0.25, -0.2) is 10.2 Å². The number of aryl methyl sites for hydroxylation is 1. The number of carboxylic acid groups (broad SMARTS) is 1. The SMILES string of the molecule is COc1ccc(/C=N/NC(=O)CSc2nnc(C)n2-c2ccccc2)c(C(=O)O)c1OC. The molecule has 0 saturated carbocycles. The maximum Gasteiger partial charge on any atom is 0.340 e. The number of amides is 1. The third-order valence-electron chi connectivity index (χ3n) is 4.33. The predicted molar refractivity (Wildman–Crippen MR) is 119 cm³/mol. The first-order valence-electron chi connectivity index (χ1n) is 9.36. The van der Waals surface area contributed by atoms with Crippen molar-refractivity contribution in [3.05, 3.63) is 59.4 Å². The van der Waals surface area contributed by atoms with Crippen molar-refractivity contribution in [2.24, 2.45) is 5.10 Å². The largest absolute Gasteiger partial charge is 0.493 e. The standard InChI is InChI=1S/C21H21N5O5S/c1-13-23-25-21(26(13)15-7-5-4-6-8-15)32-12-17(27)24-22-11-14-9-10-16(30-2)19(31-3)18(14)20(28)29/h4-11H,12H2,1-3H3,(H,24,27)(H,28,29)/b22-11+. The zero-order valence-electron chi connectivity index (χ0n) is 17.6. The number of hydrogen-bond donors (Lipinski definition) is 2. The lowest BCUT2D eigenvalue weighted by Gasteiger charge is -2.12. The van der Waals surface area contributed by atoms with E-state index in [1.807, 2.05) is 41.8 Å². The van der Waals surface area contributed by atoms with Crippen molar-refractivity contribution in [2.45, 2.75) is 12.1 Å². The summed E-state index contributed by atoms with van der Waals surface area (Å²) >= 11 is 1.21. The number of benzene rings is 2. The van der Waals surface area contributed by atoms with E-state index in [-0.39, 0.29) is 34.3 Å². The molecule has 2 aromatic carbocycles. The number of rotatable bonds is 9. The summed E-state index contributed by atoms with van der Waals surface area (Å²) in [6, 6.07) is 12.6. The van der Waals surface area contributed by atoms with Crippen LogP contribution in [0.5, 0.6) is 11.5 Å². The molecule has 32 heavy (non-hydrogen) atoms. The zero-order valence-corrected chi connectivity index (χ0v) is 18.4. The molecule has 0 aliphatic rings. The van der Waals surface area contributed by atoms with Gasteiger partial charge >= 0.3 is 5.97 Å². The summed E-state index contributed by atoms with van der Waals surface area (Å²) < 4.78 is 12.1. The molecule has 0 fully saturated rings. The first-order valence-corrected chi connectivity index (χ1v) is 10.3. The van der Waals surface area contributed by atoms with Crippen LogP contribution in [0.15, 0.2) is 52.7 Å². The molecule has 1 heterocycles. The van der Waals surface area contributed by atoms with Crippen LogP contribution in [0.25, 0.3) is 5.69 Å². The number of carboxylic acids is 1. The molecule has 3 aromatic rings. The highest BCUT2D eigenvalue weighted by molar-refractivity contribution is 7.99. The van der Waals surface area contributed by atoms with Gasteiger partial charge in [0.25, 0.3) is 5.91 Å². The highest BCUT2D eigenvalue weighted by atomic mass is 32.2. The maximum absolute atomic E-state index is 12.2. The predicted octanol–water partition coefficient (Wildman–Crippen LogP) is 2.53. The lowest BCUT2D eigenvalue weighted by Crippen LogP contribution is -2.20. The number of hydrazone groups is 1. The van der Waals surface area contributed by atoms with Crippen molar-refractivity contribution in [1.82, 2.24) is 20.2 Å². The average molecular weight is 455 g/mol. The van der Waals surface area contributed by atoms with Crippen LogP contribution < -0.4 is 14.9 Å². The van der Waals surface area contributed by atoms with E-state index >= 15 is 0 Å². The Morgan fingerprint density at radius 3 is 2.56 bits per heavy atom. The minimum atomic E-state index is -1.21. The minimum absolute atomic E-state index is 0.0417. The Hall–Kier alpha value is -3.86. The first kappa shape index (κ1) is 22.8. The number of nitrogens with one attached hydrogen (secondary N) is 1. The maximum atomic E-state index is 12.2. The Bertz CT molecular complexity index is 1150. The number of aromatic carboxylic acids is 1. The minimum Gasteiger partial charge on any atom is -0.493 e. The number of methoxy groups -OCH3 is 2. The summed E-state index contributed by atoms with van der Waals surface area (Å²) in [6.07, 6.45) is 1.24. The molecule has 3 rings (SSSR count). The van der Waals surface area contributed by atoms with Gasteiger partial charge in [0.05, 0.1) is 26.2 Å². The lowest BCUT2D eigenvalue weighted by molar-refractivity contribution is -0.118. The van der Waals surface area contributed by atoms with E-state index in [1.54, 1.807) is 6.07 Å². The Balaban J connectivity index is 1.68. The van der Waals surface area contributed by atoms with E-state index in [1.165, 1.54) is 38.3 Å². The van der Waals surface area contributed by atoms with Gasteiger partial charge in [-0.15, -0.1) is 10.2 Å². The summed E-state index contributed by atoms with van der Waals surface area (Å²) in [7, 11) is 2.76. The monoisotopic (exact) mass is 455 g/mol. The van der Waals surface area contributed by atoms with Gasteiger partial charge in [-0.2, -0.15) is 5.10 Å². The number of carbonyl (C=O) groups is 2. The first-order chi connectivity index (χ1) is 15.5. The van der Waals surface area contributed by atoms with E-state index in [9.17, 15) is 14.7 Å². The van der Waals surface area contributed by atoms with Crippen LogP contribution in [0.3, 0.4) is 0 Å². The molecule has 0 bridgehead atoms. The highest BCUT2D eigenvalue weighted by Crippen LogP contribution is 2.32. The van der Waals surface area contributed by atoms with E-state index in [0.717, 1.165) is 5.69 Å². The molecular weight excluding hydrogens is 434 g/mol. The molecule has 10 nitrogen and oxygen atoms in total. The van der Waals surface area contributed by atoms with Gasteiger partial charge in [-0.1, -0.05) is 30.0 Å². The Kier molecular flexibility index (Phi) is 7.45. The molecule has 0 radical (unpaired) electrons. The third-order valence-corrected chi connectivity index (χ3v) is 5.26. The van der Waals surface area contributed by atoms with Gasteiger partial charge in [0.15, 0.2) is 16.7 Å². The van der Waals surface area contributed by atoms with E-state index < -0.39 is 5.97 Å². The molecule has 1 amide bonds. The molecule has 2 N–H and O–H groups in total. The molecule has 0 aliphatic heterocycles. The number of ether oxygens (including phenoxy) is 2. The van der Waals surface area contributed by atoms with Crippen molar-refractivity contribution in [1.29, 1.82) is 0 Å². The van der Waals surface area contributed by atoms with Crippen LogP contribution in [-0.2, 0) is 4.79 Å². The second-order valence-electron chi connectivity index (χ2n) is 6.35. The van der Waals surface area contributed by atoms with Crippen molar-refractivity contribution in [2.75, 3.05) is 20.0 Å². The second kappa shape index (κ2) is 10.4. The number of carbonyl (C=O) groups excluding carboxylic acids is 1. The van der Waals surface area contributed by atoms with Crippen LogP contribution in [0.2, 0.25) is 0 Å². The topological polar surface area (TPSA) is 128 Å². The van der Waals surface area contributed by atoms with Crippen LogP contribution in [0.1, 0.15) is 21.7 Å². The number of aromatic nitrogens is 3. The van der Waals surface area contributed by atoms with Crippen LogP contribution in [-0.4, -0.2) is 57.9 Å². The molecule has 0 atom stereocenters. The number of hydrogen-bond acceptors (Lipinski definition) is 8. The normalized spacial score (nSPS) is 10.8. The highest BCUT2D eigenvalue weighted by Gasteiger charge is 2.20. The van der Waals surface area contributed by atoms with Gasteiger partial charge in [0.2, 0.25) is 0 Å². The molecule has 166 valence electrons. The van der Waals surface area contributed by atoms with Crippen molar-refractivity contribution in [3.8, 4) is 17.2 Å². The van der Waals surface area contributed by atoms with Crippen molar-refractivity contribution < 1.29 is 24.2 Å². The smallest absolute Gasteiger partial charge is 0.340 e. The van der Waals surface area contributed by atoms with Crippen molar-refractivity contribution in [3.63, 3.8) is 0 Å². The summed E-state index contributed by atoms with van der Waals surface area (Å²) in [4.78, 5) is 23.9. The van der Waals surface area contributed by atoms with Gasteiger partial charge < -0.3 is 14.6 Å². The number of para-hydroxylation sites is 1. The van der Waals surface area contributed by atoms with Gasteiger partial charge in [0, 0.05) is 11.3 Å². The van der Waals surface area contributed by atoms with E-state index in [4.69, 9.17) is 9.47 Å². The third kappa shape index (κ3) is 5.06. The summed E-state index contributed by atoms with van der Waals surface area (Å²) in [5.74, 6) is -0.503. The van der Waals surface area contributed by atoms with E-state index in [2.05, 4.69) is 20.7 Å². The van der Waals surface area contributed by atoms with Gasteiger partial charge in [0.1, 0.15) is 11.4 Å². The summed E-state index contributed by atoms with van der Waals surface area (Å²) in [5.41, 5.74) is 3.41. The molecule has 1 aromatic heterocycles. The molecule has 11 heteroatoms. The quantitative estimate of drug-likeness (QED) is 0.286. The van der Waals surface area contributed by atoms with Crippen molar-refractivity contribution >= 4 is 29.9 Å². The Morgan fingerprint density at radius 1 is 1.16 bits per heavy atom. The number of thioether (sulfide) groups is 1. The summed E-state index contributed by atoms with van der Waals surface area (Å²) in [5, 5.41) is 22.2. The Labute approximate surface area is 188 Å². The van der Waals surface area contributed by atoms with Gasteiger partial charge in [-0.3, -0.25) is 9.36 Å². The fourth-order valence-corrected chi connectivity index (χ4v) is 3.71. The zero-order chi connectivity index (χ0) is 23.1.